The standard InChI is InChI=1S/C9H16N4OS2/c10-8(11)15-6-7-5-12-9(16-7)13-1-3-14-4-2-13/h7H,1-6H2,(H3,10,11). The molecule has 2 aliphatic rings. The van der Waals surface area contributed by atoms with E-state index in [4.69, 9.17) is 15.9 Å². The number of thioether (sulfide) groups is 2. The van der Waals surface area contributed by atoms with Crippen molar-refractivity contribution in [3.63, 3.8) is 0 Å². The van der Waals surface area contributed by atoms with Crippen LogP contribution in [-0.4, -0.2) is 59.1 Å². The smallest absolute Gasteiger partial charge is 0.159 e. The molecular weight excluding hydrogens is 244 g/mol. The van der Waals surface area contributed by atoms with Crippen LogP contribution in [0.25, 0.3) is 0 Å². The Morgan fingerprint density at radius 1 is 1.62 bits per heavy atom. The van der Waals surface area contributed by atoms with Crippen LogP contribution in [-0.2, 0) is 4.74 Å². The van der Waals surface area contributed by atoms with E-state index < -0.39 is 0 Å². The van der Waals surface area contributed by atoms with Gasteiger partial charge in [-0.15, -0.1) is 0 Å². The molecule has 0 radical (unpaired) electrons. The van der Waals surface area contributed by atoms with Gasteiger partial charge in [-0.2, -0.15) is 0 Å². The van der Waals surface area contributed by atoms with E-state index in [9.17, 15) is 0 Å². The lowest BCUT2D eigenvalue weighted by Gasteiger charge is -2.28. The summed E-state index contributed by atoms with van der Waals surface area (Å²) in [5.74, 6) is 0.872. The molecule has 1 saturated heterocycles. The lowest BCUT2D eigenvalue weighted by atomic mass is 10.4. The Balaban J connectivity index is 1.75. The van der Waals surface area contributed by atoms with Crippen molar-refractivity contribution in [3.8, 4) is 0 Å². The highest BCUT2D eigenvalue weighted by atomic mass is 32.2. The maximum atomic E-state index is 7.17. The molecule has 2 heterocycles. The molecule has 0 aromatic carbocycles. The van der Waals surface area contributed by atoms with Crippen molar-refractivity contribution in [1.82, 2.24) is 4.90 Å². The van der Waals surface area contributed by atoms with Crippen LogP contribution in [0.2, 0.25) is 0 Å². The molecule has 3 N–H and O–H groups in total. The third-order valence-electron chi connectivity index (χ3n) is 2.41. The number of nitrogens with one attached hydrogen (secondary N) is 1. The normalized spacial score (nSPS) is 25.6. The van der Waals surface area contributed by atoms with E-state index >= 15 is 0 Å². The van der Waals surface area contributed by atoms with E-state index in [1.165, 1.54) is 11.8 Å². The summed E-state index contributed by atoms with van der Waals surface area (Å²) >= 11 is 3.21. The molecule has 0 amide bonds. The third kappa shape index (κ3) is 3.29. The second-order valence-corrected chi connectivity index (χ2v) is 5.97. The van der Waals surface area contributed by atoms with Crippen molar-refractivity contribution >= 4 is 33.9 Å². The molecule has 5 nitrogen and oxygen atoms in total. The minimum atomic E-state index is 0.195. The molecule has 90 valence electrons. The average molecular weight is 260 g/mol. The van der Waals surface area contributed by atoms with Gasteiger partial charge in [0.1, 0.15) is 0 Å². The number of hydrogen-bond acceptors (Lipinski definition) is 6. The highest BCUT2D eigenvalue weighted by Crippen LogP contribution is 2.26. The lowest BCUT2D eigenvalue weighted by Crippen LogP contribution is -2.39. The van der Waals surface area contributed by atoms with Gasteiger partial charge in [-0.05, 0) is 0 Å². The summed E-state index contributed by atoms with van der Waals surface area (Å²) in [5.41, 5.74) is 5.32. The number of morpholine rings is 1. The number of amidine groups is 2. The summed E-state index contributed by atoms with van der Waals surface area (Å²) in [4.78, 5) is 6.83. The molecule has 0 aliphatic carbocycles. The first kappa shape index (κ1) is 12.1. The average Bonchev–Trinajstić information content (AvgIpc) is 2.76. The Morgan fingerprint density at radius 2 is 2.38 bits per heavy atom. The van der Waals surface area contributed by atoms with E-state index in [1.54, 1.807) is 11.8 Å². The zero-order chi connectivity index (χ0) is 11.4. The second-order valence-electron chi connectivity index (χ2n) is 3.64. The van der Waals surface area contributed by atoms with Gasteiger partial charge in [0, 0.05) is 24.1 Å². The van der Waals surface area contributed by atoms with Gasteiger partial charge in [0.15, 0.2) is 10.3 Å². The number of nitrogens with two attached hydrogens (primary N) is 1. The third-order valence-corrected chi connectivity index (χ3v) is 4.75. The van der Waals surface area contributed by atoms with Gasteiger partial charge >= 0.3 is 0 Å². The maximum absolute atomic E-state index is 7.17. The highest BCUT2D eigenvalue weighted by Gasteiger charge is 2.25. The highest BCUT2D eigenvalue weighted by molar-refractivity contribution is 8.17. The molecule has 0 aromatic rings. The fourth-order valence-corrected chi connectivity index (χ4v) is 3.48. The van der Waals surface area contributed by atoms with Crippen LogP contribution >= 0.6 is 23.5 Å². The largest absolute Gasteiger partial charge is 0.379 e. The molecular formula is C9H16N4OS2. The molecule has 2 rings (SSSR count). The minimum absolute atomic E-state index is 0.195. The zero-order valence-electron chi connectivity index (χ0n) is 9.02. The lowest BCUT2D eigenvalue weighted by molar-refractivity contribution is 0.0693. The first-order valence-electron chi connectivity index (χ1n) is 5.26. The van der Waals surface area contributed by atoms with Crippen molar-refractivity contribution in [1.29, 1.82) is 5.41 Å². The predicted molar refractivity (Wildman–Crippen MR) is 70.4 cm³/mol. The van der Waals surface area contributed by atoms with E-state index in [0.29, 0.717) is 5.25 Å². The molecule has 1 atom stereocenters. The van der Waals surface area contributed by atoms with Gasteiger partial charge in [0.05, 0.1) is 19.8 Å². The topological polar surface area (TPSA) is 74.7 Å². The van der Waals surface area contributed by atoms with Gasteiger partial charge in [-0.25, -0.2) is 0 Å². The predicted octanol–water partition coefficient (Wildman–Crippen LogP) is 0.417. The fourth-order valence-electron chi connectivity index (χ4n) is 1.60. The monoisotopic (exact) mass is 260 g/mol. The maximum Gasteiger partial charge on any atom is 0.159 e. The van der Waals surface area contributed by atoms with Crippen LogP contribution in [0.1, 0.15) is 0 Å². The molecule has 0 bridgehead atoms. The molecule has 7 heteroatoms. The van der Waals surface area contributed by atoms with E-state index in [2.05, 4.69) is 9.89 Å². The van der Waals surface area contributed by atoms with E-state index in [0.717, 1.165) is 43.8 Å². The fraction of sp³-hybridized carbons (Fsp3) is 0.778. The minimum Gasteiger partial charge on any atom is -0.379 e. The number of rotatable bonds is 2. The van der Waals surface area contributed by atoms with E-state index in [1.807, 2.05) is 0 Å². The molecule has 0 saturated carbocycles. The molecule has 0 aromatic heterocycles. The number of ether oxygens (including phenoxy) is 1. The van der Waals surface area contributed by atoms with Crippen molar-refractivity contribution < 1.29 is 4.74 Å². The number of aliphatic imine (C=N–C) groups is 1. The summed E-state index contributed by atoms with van der Waals surface area (Å²) in [5, 5.41) is 8.97. The molecule has 2 aliphatic heterocycles. The van der Waals surface area contributed by atoms with Crippen LogP contribution in [0.15, 0.2) is 4.99 Å². The van der Waals surface area contributed by atoms with Crippen LogP contribution in [0.5, 0.6) is 0 Å². The Labute approximate surface area is 104 Å². The summed E-state index contributed by atoms with van der Waals surface area (Å²) in [6.07, 6.45) is 0. The van der Waals surface area contributed by atoms with Crippen molar-refractivity contribution in [3.05, 3.63) is 0 Å². The molecule has 16 heavy (non-hydrogen) atoms. The molecule has 1 unspecified atom stereocenters. The Bertz CT molecular complexity index is 291. The second kappa shape index (κ2) is 5.79. The number of nitrogens with zero attached hydrogens (tertiary/aromatic N) is 2. The van der Waals surface area contributed by atoms with Gasteiger partial charge in [-0.1, -0.05) is 23.5 Å². The van der Waals surface area contributed by atoms with Gasteiger partial charge in [0.25, 0.3) is 0 Å². The van der Waals surface area contributed by atoms with Crippen molar-refractivity contribution in [2.24, 2.45) is 10.7 Å². The van der Waals surface area contributed by atoms with Crippen LogP contribution < -0.4 is 5.73 Å². The van der Waals surface area contributed by atoms with Crippen LogP contribution in [0.4, 0.5) is 0 Å². The van der Waals surface area contributed by atoms with Gasteiger partial charge in [-0.3, -0.25) is 10.4 Å². The Kier molecular flexibility index (Phi) is 4.37. The molecule has 1 fully saturated rings. The SMILES string of the molecule is N=C(N)SCC1CN=C(N2CCOCC2)S1. The summed E-state index contributed by atoms with van der Waals surface area (Å²) in [7, 11) is 0. The van der Waals surface area contributed by atoms with Crippen molar-refractivity contribution in [2.75, 3.05) is 38.6 Å². The Hall–Kier alpha value is -0.400. The first-order chi connectivity index (χ1) is 7.75. The quantitative estimate of drug-likeness (QED) is 0.556. The summed E-state index contributed by atoms with van der Waals surface area (Å²) in [6, 6.07) is 0. The van der Waals surface area contributed by atoms with Crippen LogP contribution in [0.3, 0.4) is 0 Å². The molecule has 0 spiro atoms. The van der Waals surface area contributed by atoms with Crippen molar-refractivity contribution in [2.45, 2.75) is 5.25 Å². The van der Waals surface area contributed by atoms with Crippen LogP contribution in [0, 0.1) is 5.41 Å². The van der Waals surface area contributed by atoms with E-state index in [-0.39, 0.29) is 5.17 Å². The van der Waals surface area contributed by atoms with Gasteiger partial charge < -0.3 is 15.4 Å². The summed E-state index contributed by atoms with van der Waals surface area (Å²) < 4.78 is 5.31. The zero-order valence-corrected chi connectivity index (χ0v) is 10.6. The number of hydrogen-bond donors (Lipinski definition) is 2. The Morgan fingerprint density at radius 3 is 3.06 bits per heavy atom. The van der Waals surface area contributed by atoms with Gasteiger partial charge in [0.2, 0.25) is 0 Å². The first-order valence-corrected chi connectivity index (χ1v) is 7.13. The summed E-state index contributed by atoms with van der Waals surface area (Å²) in [6.45, 7) is 4.33.